The summed E-state index contributed by atoms with van der Waals surface area (Å²) in [6.45, 7) is 1.76. The molecule has 1 atom stereocenters. The van der Waals surface area contributed by atoms with Crippen molar-refractivity contribution in [2.24, 2.45) is 0 Å². The second-order valence-corrected chi connectivity index (χ2v) is 6.06. The third-order valence-electron chi connectivity index (χ3n) is 3.75. The van der Waals surface area contributed by atoms with Crippen molar-refractivity contribution in [3.63, 3.8) is 0 Å². The molecule has 4 nitrogen and oxygen atoms in total. The van der Waals surface area contributed by atoms with Gasteiger partial charge in [-0.3, -0.25) is 0 Å². The first-order valence-corrected chi connectivity index (χ1v) is 7.80. The Kier molecular flexibility index (Phi) is 4.58. The predicted octanol–water partition coefficient (Wildman–Crippen LogP) is 5.23. The van der Waals surface area contributed by atoms with Gasteiger partial charge >= 0.3 is 12.1 Å². The Morgan fingerprint density at radius 1 is 1.23 bits per heavy atom. The monoisotopic (exact) mass is 384 g/mol. The summed E-state index contributed by atoms with van der Waals surface area (Å²) >= 11 is 5.89. The fourth-order valence-electron chi connectivity index (χ4n) is 2.54. The fraction of sp³-hybridized carbons (Fsp3) is 0.167. The van der Waals surface area contributed by atoms with Gasteiger partial charge in [0.2, 0.25) is 6.10 Å². The zero-order chi connectivity index (χ0) is 19.1. The largest absolute Gasteiger partial charge is 0.478 e. The minimum Gasteiger partial charge on any atom is -0.478 e. The van der Waals surface area contributed by atoms with Gasteiger partial charge < -0.3 is 14.6 Å². The van der Waals surface area contributed by atoms with E-state index in [0.29, 0.717) is 16.3 Å². The molecule has 0 radical (unpaired) electrons. The molecule has 1 heterocycles. The Hall–Kier alpha value is -2.67. The van der Waals surface area contributed by atoms with Crippen molar-refractivity contribution in [1.82, 2.24) is 0 Å². The molecule has 0 saturated heterocycles. The molecule has 3 rings (SSSR count). The van der Waals surface area contributed by atoms with Crippen LogP contribution in [0.4, 0.5) is 13.2 Å². The SMILES string of the molecule is Cc1cc(Cl)ccc1Oc1cccc2c1C=C(C(=O)O)C(C(F)(F)F)O2. The molecule has 136 valence electrons. The maximum Gasteiger partial charge on any atom is 0.430 e. The molecule has 8 heteroatoms. The van der Waals surface area contributed by atoms with Gasteiger partial charge in [-0.1, -0.05) is 17.7 Å². The van der Waals surface area contributed by atoms with Crippen molar-refractivity contribution in [2.75, 3.05) is 0 Å². The Morgan fingerprint density at radius 2 is 1.96 bits per heavy atom. The zero-order valence-corrected chi connectivity index (χ0v) is 14.1. The van der Waals surface area contributed by atoms with Crippen LogP contribution in [-0.4, -0.2) is 23.4 Å². The molecule has 0 spiro atoms. The molecule has 26 heavy (non-hydrogen) atoms. The minimum atomic E-state index is -4.86. The van der Waals surface area contributed by atoms with Crippen molar-refractivity contribution >= 4 is 23.6 Å². The molecule has 1 N–H and O–H groups in total. The van der Waals surface area contributed by atoms with E-state index >= 15 is 0 Å². The van der Waals surface area contributed by atoms with Crippen LogP contribution in [0.5, 0.6) is 17.2 Å². The number of hydrogen-bond donors (Lipinski definition) is 1. The number of aliphatic carboxylic acids is 1. The topological polar surface area (TPSA) is 55.8 Å². The van der Waals surface area contributed by atoms with Crippen LogP contribution in [0.25, 0.3) is 6.08 Å². The second-order valence-electron chi connectivity index (χ2n) is 5.62. The Labute approximate surface area is 151 Å². The van der Waals surface area contributed by atoms with Crippen molar-refractivity contribution < 1.29 is 32.5 Å². The number of hydrogen-bond acceptors (Lipinski definition) is 3. The summed E-state index contributed by atoms with van der Waals surface area (Å²) in [4.78, 5) is 11.3. The van der Waals surface area contributed by atoms with Crippen LogP contribution in [0.2, 0.25) is 5.02 Å². The molecule has 2 aromatic rings. The van der Waals surface area contributed by atoms with E-state index in [4.69, 9.17) is 26.2 Å². The van der Waals surface area contributed by atoms with Gasteiger partial charge in [0.1, 0.15) is 17.2 Å². The number of alkyl halides is 3. The van der Waals surface area contributed by atoms with Gasteiger partial charge in [-0.15, -0.1) is 0 Å². The molecule has 0 amide bonds. The lowest BCUT2D eigenvalue weighted by Gasteiger charge is -2.27. The summed E-state index contributed by atoms with van der Waals surface area (Å²) in [5.41, 5.74) is -0.0731. The summed E-state index contributed by atoms with van der Waals surface area (Å²) in [6.07, 6.45) is -6.47. The van der Waals surface area contributed by atoms with Crippen LogP contribution in [0.15, 0.2) is 42.0 Å². The molecule has 0 fully saturated rings. The molecule has 1 unspecified atom stereocenters. The van der Waals surface area contributed by atoms with Crippen LogP contribution in [-0.2, 0) is 4.79 Å². The number of benzene rings is 2. The number of ether oxygens (including phenoxy) is 2. The Balaban J connectivity index is 2.06. The van der Waals surface area contributed by atoms with E-state index < -0.39 is 23.8 Å². The predicted molar refractivity (Wildman–Crippen MR) is 88.8 cm³/mol. The van der Waals surface area contributed by atoms with Crippen LogP contribution < -0.4 is 9.47 Å². The van der Waals surface area contributed by atoms with E-state index in [1.807, 2.05) is 0 Å². The van der Waals surface area contributed by atoms with Crippen LogP contribution in [0.3, 0.4) is 0 Å². The highest BCUT2D eigenvalue weighted by Gasteiger charge is 2.48. The van der Waals surface area contributed by atoms with Gasteiger partial charge in [0.15, 0.2) is 0 Å². The maximum absolute atomic E-state index is 13.1. The van der Waals surface area contributed by atoms with Crippen LogP contribution >= 0.6 is 11.6 Å². The maximum atomic E-state index is 13.1. The molecule has 0 aliphatic carbocycles. The van der Waals surface area contributed by atoms with Crippen LogP contribution in [0, 0.1) is 6.92 Å². The third-order valence-corrected chi connectivity index (χ3v) is 3.99. The molecule has 1 aliphatic heterocycles. The van der Waals surface area contributed by atoms with E-state index in [0.717, 1.165) is 6.08 Å². The fourth-order valence-corrected chi connectivity index (χ4v) is 2.77. The average Bonchev–Trinajstić information content (AvgIpc) is 2.55. The Bertz CT molecular complexity index is 906. The summed E-state index contributed by atoms with van der Waals surface area (Å²) in [5, 5.41) is 9.66. The van der Waals surface area contributed by atoms with Crippen molar-refractivity contribution in [2.45, 2.75) is 19.2 Å². The van der Waals surface area contributed by atoms with Gasteiger partial charge in [-0.2, -0.15) is 13.2 Å². The van der Waals surface area contributed by atoms with Gasteiger partial charge in [-0.25, -0.2) is 4.79 Å². The van der Waals surface area contributed by atoms with E-state index in [2.05, 4.69) is 0 Å². The summed E-state index contributed by atoms with van der Waals surface area (Å²) in [5.74, 6) is -1.21. The molecule has 0 bridgehead atoms. The van der Waals surface area contributed by atoms with Crippen LogP contribution in [0.1, 0.15) is 11.1 Å². The lowest BCUT2D eigenvalue weighted by atomic mass is 10.0. The standard InChI is InChI=1S/C18H12ClF3O4/c1-9-7-10(19)5-6-13(9)25-14-3-2-4-15-11(14)8-12(17(23)24)16(26-15)18(20,21)22/h2-8,16H,1H3,(H,23,24). The molecule has 1 aliphatic rings. The third kappa shape index (κ3) is 3.48. The van der Waals surface area contributed by atoms with Gasteiger partial charge in [0, 0.05) is 5.02 Å². The van der Waals surface area contributed by atoms with E-state index in [1.54, 1.807) is 25.1 Å². The van der Waals surface area contributed by atoms with E-state index in [9.17, 15) is 18.0 Å². The highest BCUT2D eigenvalue weighted by molar-refractivity contribution is 6.30. The number of carboxylic acids is 1. The second kappa shape index (κ2) is 6.57. The lowest BCUT2D eigenvalue weighted by Crippen LogP contribution is -2.40. The highest BCUT2D eigenvalue weighted by atomic mass is 35.5. The molecule has 0 aromatic heterocycles. The smallest absolute Gasteiger partial charge is 0.430 e. The van der Waals surface area contributed by atoms with Crippen molar-refractivity contribution in [3.8, 4) is 17.2 Å². The molecule has 2 aromatic carbocycles. The number of aryl methyl sites for hydroxylation is 1. The van der Waals surface area contributed by atoms with Gasteiger partial charge in [0.25, 0.3) is 0 Å². The number of carboxylic acid groups (broad SMARTS) is 1. The first-order valence-electron chi connectivity index (χ1n) is 7.42. The first kappa shape index (κ1) is 18.1. The quantitative estimate of drug-likeness (QED) is 0.787. The first-order chi connectivity index (χ1) is 12.2. The van der Waals surface area contributed by atoms with Gasteiger partial charge in [-0.05, 0) is 48.9 Å². The number of carbonyl (C=O) groups is 1. The minimum absolute atomic E-state index is 0.110. The van der Waals surface area contributed by atoms with Crippen molar-refractivity contribution in [3.05, 3.63) is 58.1 Å². The number of fused-ring (bicyclic) bond motifs is 1. The average molecular weight is 385 g/mol. The van der Waals surface area contributed by atoms with E-state index in [-0.39, 0.29) is 17.1 Å². The molecular formula is C18H12ClF3O4. The number of halogens is 4. The van der Waals surface area contributed by atoms with Crippen molar-refractivity contribution in [1.29, 1.82) is 0 Å². The van der Waals surface area contributed by atoms with E-state index in [1.165, 1.54) is 18.2 Å². The zero-order valence-electron chi connectivity index (χ0n) is 13.3. The van der Waals surface area contributed by atoms with Gasteiger partial charge in [0.05, 0.1) is 11.1 Å². The number of rotatable bonds is 3. The highest BCUT2D eigenvalue weighted by Crippen LogP contribution is 2.42. The summed E-state index contributed by atoms with van der Waals surface area (Å²) in [6, 6.07) is 9.19. The Morgan fingerprint density at radius 3 is 2.58 bits per heavy atom. The normalized spacial score (nSPS) is 16.3. The summed E-state index contributed by atoms with van der Waals surface area (Å²) < 4.78 is 50.0. The lowest BCUT2D eigenvalue weighted by molar-refractivity contribution is -0.187. The molecular weight excluding hydrogens is 373 g/mol. The summed E-state index contributed by atoms with van der Waals surface area (Å²) in [7, 11) is 0. The molecule has 0 saturated carbocycles.